The van der Waals surface area contributed by atoms with Crippen LogP contribution in [0.5, 0.6) is 5.75 Å². The first-order valence-corrected chi connectivity index (χ1v) is 8.67. The van der Waals surface area contributed by atoms with E-state index in [0.717, 1.165) is 37.3 Å². The SMILES string of the molecule is Cc1cc2ncn(CCCCOc3cccc(C)c3C)c2cc1C. The maximum atomic E-state index is 5.93. The Hall–Kier alpha value is -2.29. The van der Waals surface area contributed by atoms with Gasteiger partial charge in [-0.1, -0.05) is 12.1 Å². The van der Waals surface area contributed by atoms with Gasteiger partial charge < -0.3 is 9.30 Å². The molecule has 24 heavy (non-hydrogen) atoms. The molecule has 0 atom stereocenters. The first-order valence-electron chi connectivity index (χ1n) is 8.67. The van der Waals surface area contributed by atoms with Crippen molar-refractivity contribution in [1.82, 2.24) is 9.55 Å². The van der Waals surface area contributed by atoms with Gasteiger partial charge in [0, 0.05) is 6.54 Å². The number of aromatic nitrogens is 2. The zero-order valence-corrected chi connectivity index (χ0v) is 15.1. The van der Waals surface area contributed by atoms with Gasteiger partial charge in [0.1, 0.15) is 5.75 Å². The summed E-state index contributed by atoms with van der Waals surface area (Å²) >= 11 is 0. The Bertz CT molecular complexity index is 848. The highest BCUT2D eigenvalue weighted by Gasteiger charge is 2.05. The van der Waals surface area contributed by atoms with Crippen LogP contribution in [0, 0.1) is 27.7 Å². The lowest BCUT2D eigenvalue weighted by Gasteiger charge is -2.11. The molecule has 0 bridgehead atoms. The number of hydrogen-bond donors (Lipinski definition) is 0. The van der Waals surface area contributed by atoms with Gasteiger partial charge >= 0.3 is 0 Å². The third-order valence-electron chi connectivity index (χ3n) is 4.84. The van der Waals surface area contributed by atoms with Crippen LogP contribution in [0.3, 0.4) is 0 Å². The summed E-state index contributed by atoms with van der Waals surface area (Å²) in [6.45, 7) is 10.3. The Kier molecular flexibility index (Phi) is 4.89. The lowest BCUT2D eigenvalue weighted by atomic mass is 10.1. The standard InChI is InChI=1S/C21H26N2O/c1-15-8-7-9-21(18(15)4)24-11-6-5-10-23-14-22-19-12-16(2)17(3)13-20(19)23/h7-9,12-14H,5-6,10-11H2,1-4H3. The Balaban J connectivity index is 1.54. The van der Waals surface area contributed by atoms with Gasteiger partial charge in [-0.25, -0.2) is 4.98 Å². The fraction of sp³-hybridized carbons (Fsp3) is 0.381. The van der Waals surface area contributed by atoms with Crippen LogP contribution in [-0.2, 0) is 6.54 Å². The quantitative estimate of drug-likeness (QED) is 0.588. The van der Waals surface area contributed by atoms with E-state index in [1.54, 1.807) is 0 Å². The van der Waals surface area contributed by atoms with E-state index in [2.05, 4.69) is 67.6 Å². The Labute approximate surface area is 144 Å². The summed E-state index contributed by atoms with van der Waals surface area (Å²) < 4.78 is 8.18. The number of rotatable bonds is 6. The molecule has 3 heteroatoms. The average Bonchev–Trinajstić information content (AvgIpc) is 2.93. The molecule has 0 aliphatic carbocycles. The molecule has 0 aliphatic heterocycles. The topological polar surface area (TPSA) is 27.1 Å². The van der Waals surface area contributed by atoms with Crippen LogP contribution in [0.1, 0.15) is 35.1 Å². The van der Waals surface area contributed by atoms with Crippen LogP contribution in [0.2, 0.25) is 0 Å². The molecule has 3 nitrogen and oxygen atoms in total. The first kappa shape index (κ1) is 16.6. The highest BCUT2D eigenvalue weighted by Crippen LogP contribution is 2.21. The van der Waals surface area contributed by atoms with Gasteiger partial charge in [0.15, 0.2) is 0 Å². The zero-order valence-electron chi connectivity index (χ0n) is 15.1. The third kappa shape index (κ3) is 3.45. The highest BCUT2D eigenvalue weighted by atomic mass is 16.5. The van der Waals surface area contributed by atoms with Crippen LogP contribution in [0.25, 0.3) is 11.0 Å². The van der Waals surface area contributed by atoms with Gasteiger partial charge in [0.25, 0.3) is 0 Å². The molecule has 126 valence electrons. The normalized spacial score (nSPS) is 11.2. The van der Waals surface area contributed by atoms with Crippen molar-refractivity contribution in [2.45, 2.75) is 47.1 Å². The van der Waals surface area contributed by atoms with Crippen molar-refractivity contribution in [3.05, 3.63) is 58.9 Å². The number of benzene rings is 2. The molecule has 1 heterocycles. The van der Waals surface area contributed by atoms with E-state index in [9.17, 15) is 0 Å². The van der Waals surface area contributed by atoms with Crippen LogP contribution in [0.15, 0.2) is 36.7 Å². The largest absolute Gasteiger partial charge is 0.493 e. The summed E-state index contributed by atoms with van der Waals surface area (Å²) in [6, 6.07) is 10.6. The van der Waals surface area contributed by atoms with E-state index < -0.39 is 0 Å². The molecule has 0 unspecified atom stereocenters. The zero-order chi connectivity index (χ0) is 17.1. The minimum atomic E-state index is 0.759. The maximum Gasteiger partial charge on any atom is 0.122 e. The molecule has 0 fully saturated rings. The summed E-state index contributed by atoms with van der Waals surface area (Å²) in [5, 5.41) is 0. The van der Waals surface area contributed by atoms with Crippen LogP contribution >= 0.6 is 0 Å². The number of nitrogens with zero attached hydrogens (tertiary/aromatic N) is 2. The van der Waals surface area contributed by atoms with Crippen molar-refractivity contribution in [3.8, 4) is 5.75 Å². The second kappa shape index (κ2) is 7.08. The van der Waals surface area contributed by atoms with Gasteiger partial charge in [-0.2, -0.15) is 0 Å². The summed E-state index contributed by atoms with van der Waals surface area (Å²) in [5.74, 6) is 1.01. The summed E-state index contributed by atoms with van der Waals surface area (Å²) in [4.78, 5) is 4.52. The maximum absolute atomic E-state index is 5.93. The second-order valence-electron chi connectivity index (χ2n) is 6.62. The summed E-state index contributed by atoms with van der Waals surface area (Å²) in [6.07, 6.45) is 4.08. The highest BCUT2D eigenvalue weighted by molar-refractivity contribution is 5.77. The van der Waals surface area contributed by atoms with Crippen molar-refractivity contribution in [1.29, 1.82) is 0 Å². The van der Waals surface area contributed by atoms with E-state index in [1.165, 1.54) is 27.8 Å². The molecule has 0 amide bonds. The fourth-order valence-electron chi connectivity index (χ4n) is 2.94. The summed E-state index contributed by atoms with van der Waals surface area (Å²) in [7, 11) is 0. The molecule has 0 radical (unpaired) electrons. The number of imidazole rings is 1. The molecule has 2 aromatic carbocycles. The van der Waals surface area contributed by atoms with E-state index >= 15 is 0 Å². The molecule has 3 aromatic rings. The minimum absolute atomic E-state index is 0.759. The molecule has 3 rings (SSSR count). The van der Waals surface area contributed by atoms with E-state index in [1.807, 2.05) is 6.33 Å². The first-order chi connectivity index (χ1) is 11.6. The van der Waals surface area contributed by atoms with Crippen molar-refractivity contribution in [2.24, 2.45) is 0 Å². The van der Waals surface area contributed by atoms with Crippen molar-refractivity contribution in [3.63, 3.8) is 0 Å². The van der Waals surface area contributed by atoms with Crippen LogP contribution < -0.4 is 4.74 Å². The molecule has 0 aliphatic rings. The molecular formula is C21H26N2O. The van der Waals surface area contributed by atoms with Gasteiger partial charge in [-0.3, -0.25) is 0 Å². The fourth-order valence-corrected chi connectivity index (χ4v) is 2.94. The van der Waals surface area contributed by atoms with Gasteiger partial charge in [0.2, 0.25) is 0 Å². The third-order valence-corrected chi connectivity index (χ3v) is 4.84. The number of aryl methyl sites for hydroxylation is 4. The van der Waals surface area contributed by atoms with E-state index in [0.29, 0.717) is 0 Å². The number of unbranched alkanes of at least 4 members (excludes halogenated alkanes) is 1. The van der Waals surface area contributed by atoms with Gasteiger partial charge in [0.05, 0.1) is 24.0 Å². The van der Waals surface area contributed by atoms with E-state index in [4.69, 9.17) is 4.74 Å². The Morgan fingerprint density at radius 3 is 2.58 bits per heavy atom. The van der Waals surface area contributed by atoms with Gasteiger partial charge in [-0.15, -0.1) is 0 Å². The molecular weight excluding hydrogens is 296 g/mol. The molecule has 0 spiro atoms. The number of hydrogen-bond acceptors (Lipinski definition) is 2. The summed E-state index contributed by atoms with van der Waals surface area (Å²) in [5.41, 5.74) is 7.46. The number of ether oxygens (including phenoxy) is 1. The smallest absolute Gasteiger partial charge is 0.122 e. The number of fused-ring (bicyclic) bond motifs is 1. The lowest BCUT2D eigenvalue weighted by Crippen LogP contribution is -2.03. The predicted octanol–water partition coefficient (Wildman–Crippen LogP) is 5.13. The lowest BCUT2D eigenvalue weighted by molar-refractivity contribution is 0.301. The molecule has 0 N–H and O–H groups in total. The molecule has 1 aromatic heterocycles. The van der Waals surface area contributed by atoms with Crippen molar-refractivity contribution < 1.29 is 4.74 Å². The second-order valence-corrected chi connectivity index (χ2v) is 6.62. The minimum Gasteiger partial charge on any atom is -0.493 e. The Morgan fingerprint density at radius 2 is 1.75 bits per heavy atom. The van der Waals surface area contributed by atoms with Gasteiger partial charge in [-0.05, 0) is 81.0 Å². The van der Waals surface area contributed by atoms with Crippen LogP contribution in [0.4, 0.5) is 0 Å². The van der Waals surface area contributed by atoms with Crippen molar-refractivity contribution in [2.75, 3.05) is 6.61 Å². The molecule has 0 saturated carbocycles. The van der Waals surface area contributed by atoms with Crippen LogP contribution in [-0.4, -0.2) is 16.2 Å². The van der Waals surface area contributed by atoms with Crippen molar-refractivity contribution >= 4 is 11.0 Å². The average molecular weight is 322 g/mol. The molecule has 0 saturated heterocycles. The predicted molar refractivity (Wildman–Crippen MR) is 99.9 cm³/mol. The van der Waals surface area contributed by atoms with E-state index in [-0.39, 0.29) is 0 Å². The monoisotopic (exact) mass is 322 g/mol. The Morgan fingerprint density at radius 1 is 0.958 bits per heavy atom.